The fourth-order valence-corrected chi connectivity index (χ4v) is 1.88. The lowest BCUT2D eigenvalue weighted by atomic mass is 10.1. The maximum atomic E-state index is 10.9. The van der Waals surface area contributed by atoms with Crippen LogP contribution in [-0.2, 0) is 6.42 Å². The van der Waals surface area contributed by atoms with Crippen LogP contribution in [0, 0.1) is 0 Å². The molecule has 16 heavy (non-hydrogen) atoms. The fourth-order valence-electron chi connectivity index (χ4n) is 1.88. The number of carboxylic acid groups (broad SMARTS) is 1. The molecule has 2 rings (SSSR count). The SMILES string of the molecule is CC(=NO)c1ccc2c(c1)CCN2C(=O)O. The van der Waals surface area contributed by atoms with Crippen molar-refractivity contribution in [3.63, 3.8) is 0 Å². The first-order chi connectivity index (χ1) is 7.63. The highest BCUT2D eigenvalue weighted by molar-refractivity contribution is 5.99. The molecule has 5 nitrogen and oxygen atoms in total. The maximum absolute atomic E-state index is 10.9. The molecule has 1 aromatic rings. The first-order valence-corrected chi connectivity index (χ1v) is 4.96. The van der Waals surface area contributed by atoms with Gasteiger partial charge >= 0.3 is 6.09 Å². The molecule has 2 N–H and O–H groups in total. The molecule has 0 saturated heterocycles. The van der Waals surface area contributed by atoms with Gasteiger partial charge in [0, 0.05) is 6.54 Å². The minimum absolute atomic E-state index is 0.490. The van der Waals surface area contributed by atoms with E-state index in [1.807, 2.05) is 6.07 Å². The predicted octanol–water partition coefficient (Wildman–Crippen LogP) is 1.93. The molecule has 1 amide bonds. The summed E-state index contributed by atoms with van der Waals surface area (Å²) in [6.45, 7) is 2.19. The second-order valence-corrected chi connectivity index (χ2v) is 3.71. The Bertz CT molecular complexity index is 468. The Morgan fingerprint density at radius 3 is 2.88 bits per heavy atom. The molecule has 0 aliphatic carbocycles. The summed E-state index contributed by atoms with van der Waals surface area (Å²) in [5.41, 5.74) is 3.04. The smallest absolute Gasteiger partial charge is 0.411 e. The average molecular weight is 220 g/mol. The number of carbonyl (C=O) groups is 1. The zero-order chi connectivity index (χ0) is 11.7. The summed E-state index contributed by atoms with van der Waals surface area (Å²) in [5.74, 6) is 0. The van der Waals surface area contributed by atoms with Crippen molar-refractivity contribution in [2.45, 2.75) is 13.3 Å². The van der Waals surface area contributed by atoms with Crippen LogP contribution in [0.25, 0.3) is 0 Å². The van der Waals surface area contributed by atoms with Crippen LogP contribution in [0.3, 0.4) is 0 Å². The summed E-state index contributed by atoms with van der Waals surface area (Å²) in [6, 6.07) is 5.38. The Labute approximate surface area is 92.6 Å². The van der Waals surface area contributed by atoms with Gasteiger partial charge in [-0.25, -0.2) is 4.79 Å². The Morgan fingerprint density at radius 1 is 1.50 bits per heavy atom. The van der Waals surface area contributed by atoms with Crippen LogP contribution in [0.4, 0.5) is 10.5 Å². The molecule has 0 unspecified atom stereocenters. The van der Waals surface area contributed by atoms with E-state index < -0.39 is 6.09 Å². The van der Waals surface area contributed by atoms with Gasteiger partial charge in [0.2, 0.25) is 0 Å². The van der Waals surface area contributed by atoms with Crippen LogP contribution in [-0.4, -0.2) is 28.7 Å². The number of benzene rings is 1. The van der Waals surface area contributed by atoms with Gasteiger partial charge in [-0.05, 0) is 36.6 Å². The molecule has 0 fully saturated rings. The van der Waals surface area contributed by atoms with E-state index in [1.165, 1.54) is 4.90 Å². The van der Waals surface area contributed by atoms with Crippen molar-refractivity contribution in [3.8, 4) is 0 Å². The van der Waals surface area contributed by atoms with E-state index >= 15 is 0 Å². The minimum atomic E-state index is -0.931. The number of rotatable bonds is 1. The lowest BCUT2D eigenvalue weighted by molar-refractivity contribution is 0.202. The van der Waals surface area contributed by atoms with Crippen LogP contribution >= 0.6 is 0 Å². The molecular formula is C11H12N2O3. The normalized spacial score (nSPS) is 15.1. The summed E-state index contributed by atoms with van der Waals surface area (Å²) >= 11 is 0. The van der Waals surface area contributed by atoms with Crippen molar-refractivity contribution in [1.29, 1.82) is 0 Å². The maximum Gasteiger partial charge on any atom is 0.411 e. The van der Waals surface area contributed by atoms with Gasteiger partial charge in [-0.2, -0.15) is 0 Å². The highest BCUT2D eigenvalue weighted by atomic mass is 16.4. The Kier molecular flexibility index (Phi) is 2.52. The largest absolute Gasteiger partial charge is 0.465 e. The van der Waals surface area contributed by atoms with Crippen LogP contribution in [0.2, 0.25) is 0 Å². The zero-order valence-electron chi connectivity index (χ0n) is 8.84. The van der Waals surface area contributed by atoms with E-state index in [9.17, 15) is 4.79 Å². The highest BCUT2D eigenvalue weighted by Gasteiger charge is 2.24. The van der Waals surface area contributed by atoms with Crippen LogP contribution < -0.4 is 4.90 Å². The molecule has 0 aromatic heterocycles. The van der Waals surface area contributed by atoms with Crippen LogP contribution in [0.5, 0.6) is 0 Å². The van der Waals surface area contributed by atoms with Crippen LogP contribution in [0.15, 0.2) is 23.4 Å². The van der Waals surface area contributed by atoms with Crippen molar-refractivity contribution in [3.05, 3.63) is 29.3 Å². The van der Waals surface area contributed by atoms with Gasteiger partial charge in [-0.15, -0.1) is 0 Å². The van der Waals surface area contributed by atoms with E-state index in [4.69, 9.17) is 10.3 Å². The van der Waals surface area contributed by atoms with Crippen molar-refractivity contribution >= 4 is 17.5 Å². The first kappa shape index (κ1) is 10.5. The number of amides is 1. The van der Waals surface area contributed by atoms with Gasteiger partial charge in [0.15, 0.2) is 0 Å². The van der Waals surface area contributed by atoms with Crippen LogP contribution in [0.1, 0.15) is 18.1 Å². The molecule has 0 spiro atoms. The van der Waals surface area contributed by atoms with Crippen molar-refractivity contribution < 1.29 is 15.1 Å². The molecule has 0 radical (unpaired) electrons. The second-order valence-electron chi connectivity index (χ2n) is 3.71. The van der Waals surface area contributed by atoms with Gasteiger partial charge in [0.25, 0.3) is 0 Å². The number of hydrogen-bond donors (Lipinski definition) is 2. The third-order valence-electron chi connectivity index (χ3n) is 2.77. The number of nitrogens with zero attached hydrogens (tertiary/aromatic N) is 2. The third-order valence-corrected chi connectivity index (χ3v) is 2.77. The van der Waals surface area contributed by atoms with Gasteiger partial charge in [0.1, 0.15) is 0 Å². The molecule has 0 bridgehead atoms. The summed E-state index contributed by atoms with van der Waals surface area (Å²) in [6.07, 6.45) is -0.229. The first-order valence-electron chi connectivity index (χ1n) is 4.96. The van der Waals surface area contributed by atoms with Crippen molar-refractivity contribution in [2.24, 2.45) is 5.16 Å². The second kappa shape index (κ2) is 3.84. The summed E-state index contributed by atoms with van der Waals surface area (Å²) in [4.78, 5) is 12.2. The average Bonchev–Trinajstić information content (AvgIpc) is 2.70. The molecule has 5 heteroatoms. The molecule has 1 heterocycles. The van der Waals surface area contributed by atoms with Crippen molar-refractivity contribution in [1.82, 2.24) is 0 Å². The molecule has 1 aliphatic rings. The number of hydrogen-bond acceptors (Lipinski definition) is 3. The summed E-state index contributed by atoms with van der Waals surface area (Å²) in [5, 5.41) is 20.7. The Morgan fingerprint density at radius 2 is 2.25 bits per heavy atom. The fraction of sp³-hybridized carbons (Fsp3) is 0.273. The number of fused-ring (bicyclic) bond motifs is 1. The molecule has 0 atom stereocenters. The van der Waals surface area contributed by atoms with E-state index in [0.29, 0.717) is 18.7 Å². The topological polar surface area (TPSA) is 73.1 Å². The van der Waals surface area contributed by atoms with Gasteiger partial charge in [-0.3, -0.25) is 4.90 Å². The molecule has 1 aromatic carbocycles. The third kappa shape index (κ3) is 1.60. The summed E-state index contributed by atoms with van der Waals surface area (Å²) < 4.78 is 0. The van der Waals surface area contributed by atoms with E-state index in [1.54, 1.807) is 19.1 Å². The van der Waals surface area contributed by atoms with Crippen molar-refractivity contribution in [2.75, 3.05) is 11.4 Å². The van der Waals surface area contributed by atoms with E-state index in [0.717, 1.165) is 16.8 Å². The Hall–Kier alpha value is -2.04. The monoisotopic (exact) mass is 220 g/mol. The molecule has 1 aliphatic heterocycles. The molecule has 84 valence electrons. The lowest BCUT2D eigenvalue weighted by Crippen LogP contribution is -2.26. The number of anilines is 1. The predicted molar refractivity (Wildman–Crippen MR) is 59.5 cm³/mol. The Balaban J connectivity index is 2.40. The van der Waals surface area contributed by atoms with Gasteiger partial charge in [0.05, 0.1) is 11.4 Å². The van der Waals surface area contributed by atoms with E-state index in [2.05, 4.69) is 5.16 Å². The molecular weight excluding hydrogens is 208 g/mol. The minimum Gasteiger partial charge on any atom is -0.465 e. The quantitative estimate of drug-likeness (QED) is 0.431. The van der Waals surface area contributed by atoms with E-state index in [-0.39, 0.29) is 0 Å². The van der Waals surface area contributed by atoms with Gasteiger partial charge < -0.3 is 10.3 Å². The summed E-state index contributed by atoms with van der Waals surface area (Å²) in [7, 11) is 0. The van der Waals surface area contributed by atoms with Gasteiger partial charge in [-0.1, -0.05) is 11.2 Å². The lowest BCUT2D eigenvalue weighted by Gasteiger charge is -2.12. The highest BCUT2D eigenvalue weighted by Crippen LogP contribution is 2.28. The zero-order valence-corrected chi connectivity index (χ0v) is 8.84. The molecule has 0 saturated carbocycles. The standard InChI is InChI=1S/C11H12N2O3/c1-7(12-16)8-2-3-10-9(6-8)4-5-13(10)11(14)15/h2-3,6,16H,4-5H2,1H3,(H,14,15). The number of oxime groups is 1.